The molecule has 1 saturated heterocycles. The molecule has 1 amide bonds. The normalized spacial score (nSPS) is 14.8. The molecular weight excluding hydrogens is 422 g/mol. The van der Waals surface area contributed by atoms with E-state index in [1.807, 2.05) is 17.0 Å². The number of nitrogens with zero attached hydrogens (tertiary/aromatic N) is 3. The highest BCUT2D eigenvalue weighted by Gasteiger charge is 2.22. The van der Waals surface area contributed by atoms with Crippen LogP contribution in [0.15, 0.2) is 36.4 Å². The van der Waals surface area contributed by atoms with Gasteiger partial charge in [0, 0.05) is 44.3 Å². The van der Waals surface area contributed by atoms with E-state index in [4.69, 9.17) is 16.3 Å². The Labute approximate surface area is 197 Å². The number of rotatable bonds is 9. The Hall–Kier alpha value is -2.08. The molecule has 0 unspecified atom stereocenters. The molecule has 1 fully saturated rings. The van der Waals surface area contributed by atoms with Gasteiger partial charge in [0.1, 0.15) is 5.75 Å². The van der Waals surface area contributed by atoms with E-state index in [2.05, 4.69) is 61.8 Å². The fourth-order valence-corrected chi connectivity index (χ4v) is 4.22. The molecule has 1 aliphatic rings. The largest absolute Gasteiger partial charge is 0.483 e. The maximum absolute atomic E-state index is 12.7. The van der Waals surface area contributed by atoms with Crippen LogP contribution in [0, 0.1) is 13.8 Å². The summed E-state index contributed by atoms with van der Waals surface area (Å²) in [4.78, 5) is 19.4. The van der Waals surface area contributed by atoms with E-state index < -0.39 is 0 Å². The van der Waals surface area contributed by atoms with Crippen molar-refractivity contribution in [1.82, 2.24) is 14.7 Å². The van der Waals surface area contributed by atoms with Gasteiger partial charge in [-0.25, -0.2) is 0 Å². The van der Waals surface area contributed by atoms with E-state index in [1.54, 1.807) is 0 Å². The van der Waals surface area contributed by atoms with Gasteiger partial charge in [-0.05, 0) is 67.4 Å². The zero-order chi connectivity index (χ0) is 23.1. The summed E-state index contributed by atoms with van der Waals surface area (Å²) in [5.74, 6) is 0.862. The molecule has 0 atom stereocenters. The minimum absolute atomic E-state index is 0.0559. The van der Waals surface area contributed by atoms with Crippen LogP contribution < -0.4 is 4.74 Å². The van der Waals surface area contributed by atoms with Gasteiger partial charge in [-0.3, -0.25) is 14.6 Å². The quantitative estimate of drug-likeness (QED) is 0.554. The lowest BCUT2D eigenvalue weighted by atomic mass is 10.0. The summed E-state index contributed by atoms with van der Waals surface area (Å²) in [6.07, 6.45) is 0. The number of benzene rings is 2. The number of hydrogen-bond acceptors (Lipinski definition) is 4. The topological polar surface area (TPSA) is 36.0 Å². The van der Waals surface area contributed by atoms with Gasteiger partial charge in [0.2, 0.25) is 0 Å². The molecule has 32 heavy (non-hydrogen) atoms. The molecule has 6 heteroatoms. The predicted molar refractivity (Wildman–Crippen MR) is 131 cm³/mol. The van der Waals surface area contributed by atoms with Gasteiger partial charge in [0.15, 0.2) is 6.61 Å². The molecule has 0 radical (unpaired) electrons. The molecule has 0 spiro atoms. The molecule has 1 heterocycles. The molecule has 2 aromatic carbocycles. The van der Waals surface area contributed by atoms with Gasteiger partial charge in [-0.15, -0.1) is 0 Å². The van der Waals surface area contributed by atoms with Crippen molar-refractivity contribution in [3.63, 3.8) is 0 Å². The fraction of sp³-hybridized carbons (Fsp3) is 0.500. The average Bonchev–Trinajstić information content (AvgIpc) is 2.80. The monoisotopic (exact) mass is 457 g/mol. The van der Waals surface area contributed by atoms with Crippen LogP contribution in [0.3, 0.4) is 0 Å². The molecule has 0 bridgehead atoms. The highest BCUT2D eigenvalue weighted by atomic mass is 35.5. The lowest BCUT2D eigenvalue weighted by Gasteiger charge is -2.34. The van der Waals surface area contributed by atoms with Gasteiger partial charge in [0.05, 0.1) is 0 Å². The van der Waals surface area contributed by atoms with Crippen LogP contribution in [-0.2, 0) is 17.9 Å². The van der Waals surface area contributed by atoms with Crippen LogP contribution in [0.4, 0.5) is 0 Å². The molecular formula is C26H36ClN3O2. The van der Waals surface area contributed by atoms with Crippen molar-refractivity contribution in [3.05, 3.63) is 63.7 Å². The first-order chi connectivity index (χ1) is 15.4. The maximum atomic E-state index is 12.7. The molecule has 1 aliphatic heterocycles. The Kier molecular flexibility index (Phi) is 8.97. The first kappa shape index (κ1) is 24.6. The highest BCUT2D eigenvalue weighted by Crippen LogP contribution is 2.24. The van der Waals surface area contributed by atoms with E-state index in [9.17, 15) is 4.79 Å². The van der Waals surface area contributed by atoms with Crippen molar-refractivity contribution in [2.45, 2.75) is 40.8 Å². The minimum Gasteiger partial charge on any atom is -0.483 e. The third kappa shape index (κ3) is 6.71. The Bertz CT molecular complexity index is 889. The molecule has 5 nitrogen and oxygen atoms in total. The number of piperazine rings is 1. The van der Waals surface area contributed by atoms with Gasteiger partial charge in [0.25, 0.3) is 5.91 Å². The number of carbonyl (C=O) groups excluding carboxylic acids is 1. The van der Waals surface area contributed by atoms with E-state index >= 15 is 0 Å². The molecule has 174 valence electrons. The van der Waals surface area contributed by atoms with Gasteiger partial charge in [-0.1, -0.05) is 43.6 Å². The van der Waals surface area contributed by atoms with Crippen molar-refractivity contribution in [2.24, 2.45) is 0 Å². The Morgan fingerprint density at radius 2 is 1.66 bits per heavy atom. The molecule has 2 aromatic rings. The van der Waals surface area contributed by atoms with Crippen LogP contribution >= 0.6 is 11.6 Å². The number of amides is 1. The summed E-state index contributed by atoms with van der Waals surface area (Å²) >= 11 is 5.97. The predicted octanol–water partition coefficient (Wildman–Crippen LogP) is 4.52. The van der Waals surface area contributed by atoms with Crippen LogP contribution in [0.25, 0.3) is 0 Å². The zero-order valence-corrected chi connectivity index (χ0v) is 20.6. The van der Waals surface area contributed by atoms with Gasteiger partial charge >= 0.3 is 0 Å². The molecule has 0 aromatic heterocycles. The summed E-state index contributed by atoms with van der Waals surface area (Å²) in [6, 6.07) is 12.2. The molecule has 0 aliphatic carbocycles. The van der Waals surface area contributed by atoms with Crippen LogP contribution in [-0.4, -0.2) is 66.5 Å². The molecule has 0 saturated carbocycles. The number of hydrogen-bond donors (Lipinski definition) is 0. The van der Waals surface area contributed by atoms with E-state index in [-0.39, 0.29) is 12.5 Å². The molecule has 3 rings (SSSR count). The zero-order valence-electron chi connectivity index (χ0n) is 19.9. The third-order valence-electron chi connectivity index (χ3n) is 6.32. The summed E-state index contributed by atoms with van der Waals surface area (Å²) < 4.78 is 5.95. The van der Waals surface area contributed by atoms with E-state index in [1.165, 1.54) is 16.7 Å². The SMILES string of the molecule is CCN(CC)Cc1cc(C)c(OCC(=O)N2CCN(Cc3ccc(Cl)cc3)CC2)cc1C. The number of ether oxygens (including phenoxy) is 1. The van der Waals surface area contributed by atoms with E-state index in [0.29, 0.717) is 0 Å². The minimum atomic E-state index is 0.0559. The van der Waals surface area contributed by atoms with E-state index in [0.717, 1.165) is 68.7 Å². The van der Waals surface area contributed by atoms with Crippen molar-refractivity contribution in [3.8, 4) is 5.75 Å². The summed E-state index contributed by atoms with van der Waals surface area (Å²) in [5.41, 5.74) is 4.86. The Morgan fingerprint density at radius 3 is 2.28 bits per heavy atom. The Balaban J connectivity index is 1.48. The highest BCUT2D eigenvalue weighted by molar-refractivity contribution is 6.30. The summed E-state index contributed by atoms with van der Waals surface area (Å²) in [6.45, 7) is 15.7. The van der Waals surface area contributed by atoms with Crippen molar-refractivity contribution in [1.29, 1.82) is 0 Å². The standard InChI is InChI=1S/C26H36ClN3O2/c1-5-28(6-2)18-23-15-21(4)25(16-20(23)3)32-19-26(31)30-13-11-29(12-14-30)17-22-7-9-24(27)10-8-22/h7-10,15-16H,5-6,11-14,17-19H2,1-4H3. The Morgan fingerprint density at radius 1 is 1.00 bits per heavy atom. The van der Waals surface area contributed by atoms with Gasteiger partial charge in [-0.2, -0.15) is 0 Å². The van der Waals surface area contributed by atoms with Crippen LogP contribution in [0.2, 0.25) is 5.02 Å². The maximum Gasteiger partial charge on any atom is 0.260 e. The second-order valence-corrected chi connectivity index (χ2v) is 9.01. The summed E-state index contributed by atoms with van der Waals surface area (Å²) in [7, 11) is 0. The smallest absolute Gasteiger partial charge is 0.260 e. The first-order valence-corrected chi connectivity index (χ1v) is 12.0. The lowest BCUT2D eigenvalue weighted by molar-refractivity contribution is -0.135. The van der Waals surface area contributed by atoms with Gasteiger partial charge < -0.3 is 9.64 Å². The van der Waals surface area contributed by atoms with Crippen molar-refractivity contribution >= 4 is 17.5 Å². The first-order valence-electron chi connectivity index (χ1n) is 11.6. The van der Waals surface area contributed by atoms with Crippen molar-refractivity contribution < 1.29 is 9.53 Å². The number of halogens is 1. The number of carbonyl (C=O) groups is 1. The second kappa shape index (κ2) is 11.7. The fourth-order valence-electron chi connectivity index (χ4n) is 4.10. The van der Waals surface area contributed by atoms with Crippen molar-refractivity contribution in [2.75, 3.05) is 45.9 Å². The summed E-state index contributed by atoms with van der Waals surface area (Å²) in [5, 5.41) is 0.758. The van der Waals surface area contributed by atoms with Crippen LogP contribution in [0.1, 0.15) is 36.1 Å². The average molecular weight is 458 g/mol. The van der Waals surface area contributed by atoms with Crippen LogP contribution in [0.5, 0.6) is 5.75 Å². The second-order valence-electron chi connectivity index (χ2n) is 8.58. The lowest BCUT2D eigenvalue weighted by Crippen LogP contribution is -2.49. The molecule has 0 N–H and O–H groups in total. The third-order valence-corrected chi connectivity index (χ3v) is 6.57. The number of aryl methyl sites for hydroxylation is 2.